The Labute approximate surface area is 71.5 Å². The molecule has 0 radical (unpaired) electrons. The van der Waals surface area contributed by atoms with Gasteiger partial charge in [0, 0.05) is 0 Å². The first-order valence-electron chi connectivity index (χ1n) is 3.63. The Kier molecular flexibility index (Phi) is 3.24. The van der Waals surface area contributed by atoms with Crippen LogP contribution in [0.4, 0.5) is 26.3 Å². The molecule has 0 aliphatic heterocycles. The van der Waals surface area contributed by atoms with E-state index in [-0.39, 0.29) is 0 Å². The second-order valence-corrected chi connectivity index (χ2v) is 2.54. The average Bonchev–Trinajstić information content (AvgIpc) is 1.84. The number of nitrogens with zero attached hydrogens (tertiary/aromatic N) is 1. The molecule has 0 aromatic rings. The van der Waals surface area contributed by atoms with Gasteiger partial charge in [-0.1, -0.05) is 0 Å². The van der Waals surface area contributed by atoms with E-state index in [1.807, 2.05) is 0 Å². The van der Waals surface area contributed by atoms with Crippen molar-refractivity contribution in [3.8, 4) is 0 Å². The summed E-state index contributed by atoms with van der Waals surface area (Å²) in [7, 11) is 0. The van der Waals surface area contributed by atoms with Crippen LogP contribution >= 0.6 is 0 Å². The minimum Gasteiger partial charge on any atom is -0.140 e. The molecular formula is C6H10F6N+. The zero-order valence-corrected chi connectivity index (χ0v) is 7.13. The third-order valence-corrected chi connectivity index (χ3v) is 2.05. The van der Waals surface area contributed by atoms with Gasteiger partial charge >= 0.3 is 12.6 Å². The van der Waals surface area contributed by atoms with Crippen LogP contribution in [0.3, 0.4) is 0 Å². The minimum absolute atomic E-state index is 0.866. The van der Waals surface area contributed by atoms with Crippen LogP contribution in [0.15, 0.2) is 0 Å². The Hall–Kier alpha value is -0.460. The lowest BCUT2D eigenvalue weighted by Crippen LogP contribution is -2.65. The zero-order chi connectivity index (χ0) is 10.9. The van der Waals surface area contributed by atoms with Gasteiger partial charge in [0.2, 0.25) is 0 Å². The van der Waals surface area contributed by atoms with Crippen molar-refractivity contribution < 1.29 is 30.8 Å². The quantitative estimate of drug-likeness (QED) is 0.373. The van der Waals surface area contributed by atoms with Crippen molar-refractivity contribution in [1.29, 1.82) is 0 Å². The summed E-state index contributed by atoms with van der Waals surface area (Å²) < 4.78 is 69.9. The highest BCUT2D eigenvalue weighted by atomic mass is 19.4. The topological polar surface area (TPSA) is 0 Å². The molecule has 0 fully saturated rings. The van der Waals surface area contributed by atoms with Crippen molar-refractivity contribution in [3.63, 3.8) is 0 Å². The summed E-state index contributed by atoms with van der Waals surface area (Å²) in [5.41, 5.74) is 0. The maximum atomic E-state index is 12.1. The van der Waals surface area contributed by atoms with Gasteiger partial charge in [-0.15, -0.1) is 30.8 Å². The summed E-state index contributed by atoms with van der Waals surface area (Å²) in [6.45, 7) is -0.345. The molecule has 0 aromatic heterocycles. The van der Waals surface area contributed by atoms with E-state index < -0.39 is 30.2 Å². The molecule has 0 saturated heterocycles. The molecule has 0 aliphatic rings. The van der Waals surface area contributed by atoms with Crippen molar-refractivity contribution in [2.24, 2.45) is 0 Å². The Bertz CT molecular complexity index is 149. The monoisotopic (exact) mass is 210 g/mol. The fourth-order valence-electron chi connectivity index (χ4n) is 1.08. The number of rotatable bonds is 2. The molecule has 0 spiro atoms. The van der Waals surface area contributed by atoms with Gasteiger partial charge in [0.1, 0.15) is 0 Å². The Morgan fingerprint density at radius 1 is 0.769 bits per heavy atom. The molecule has 0 atom stereocenters. The number of hydrogen-bond acceptors (Lipinski definition) is 0. The molecule has 0 saturated carbocycles. The lowest BCUT2D eigenvalue weighted by Gasteiger charge is -2.37. The molecular weight excluding hydrogens is 200 g/mol. The van der Waals surface area contributed by atoms with Crippen LogP contribution in [0.2, 0.25) is 0 Å². The molecule has 7 heteroatoms. The van der Waals surface area contributed by atoms with Crippen LogP contribution in [-0.4, -0.2) is 30.2 Å². The predicted molar refractivity (Wildman–Crippen MR) is 33.5 cm³/mol. The zero-order valence-electron chi connectivity index (χ0n) is 7.13. The molecule has 0 N–H and O–H groups in total. The fourth-order valence-corrected chi connectivity index (χ4v) is 1.08. The molecule has 0 bridgehead atoms. The summed E-state index contributed by atoms with van der Waals surface area (Å²) in [6, 6.07) is 0. The molecule has 0 heterocycles. The van der Waals surface area contributed by atoms with Gasteiger partial charge < -0.3 is 0 Å². The van der Waals surface area contributed by atoms with Crippen molar-refractivity contribution in [1.82, 2.24) is 0 Å². The summed E-state index contributed by atoms with van der Waals surface area (Å²) in [5, 5.41) is 0. The molecule has 1 nitrogen and oxygen atoms in total. The third-order valence-electron chi connectivity index (χ3n) is 2.05. The van der Waals surface area contributed by atoms with Crippen LogP contribution in [0.25, 0.3) is 0 Å². The SMILES string of the molecule is CC[N+](CC)(C(F)(F)F)C(F)(F)F. The second-order valence-electron chi connectivity index (χ2n) is 2.54. The van der Waals surface area contributed by atoms with E-state index >= 15 is 0 Å². The van der Waals surface area contributed by atoms with Crippen LogP contribution in [0.1, 0.15) is 13.8 Å². The Morgan fingerprint density at radius 2 is 1.00 bits per heavy atom. The largest absolute Gasteiger partial charge is 0.568 e. The highest BCUT2D eigenvalue weighted by Crippen LogP contribution is 2.41. The maximum absolute atomic E-state index is 12.1. The van der Waals surface area contributed by atoms with Crippen molar-refractivity contribution in [2.45, 2.75) is 26.4 Å². The molecule has 0 rings (SSSR count). The van der Waals surface area contributed by atoms with Gasteiger partial charge in [-0.2, -0.15) is 0 Å². The van der Waals surface area contributed by atoms with Crippen LogP contribution < -0.4 is 0 Å². The van der Waals surface area contributed by atoms with Crippen molar-refractivity contribution in [2.75, 3.05) is 13.1 Å². The third kappa shape index (κ3) is 1.90. The molecule has 80 valence electrons. The first kappa shape index (κ1) is 12.5. The maximum Gasteiger partial charge on any atom is 0.568 e. The number of quaternary nitrogens is 1. The van der Waals surface area contributed by atoms with E-state index in [1.54, 1.807) is 0 Å². The second kappa shape index (κ2) is 3.36. The number of hydrogen-bond donors (Lipinski definition) is 0. The summed E-state index contributed by atoms with van der Waals surface area (Å²) in [5.74, 6) is 0. The van der Waals surface area contributed by atoms with E-state index in [0.29, 0.717) is 0 Å². The van der Waals surface area contributed by atoms with E-state index in [4.69, 9.17) is 0 Å². The van der Waals surface area contributed by atoms with E-state index in [0.717, 1.165) is 13.8 Å². The van der Waals surface area contributed by atoms with Crippen LogP contribution in [0, 0.1) is 0 Å². The van der Waals surface area contributed by atoms with Gasteiger partial charge in [0.25, 0.3) is 0 Å². The highest BCUT2D eigenvalue weighted by Gasteiger charge is 2.69. The van der Waals surface area contributed by atoms with Gasteiger partial charge in [-0.05, 0) is 13.8 Å². The molecule has 0 amide bonds. The van der Waals surface area contributed by atoms with Crippen LogP contribution in [0.5, 0.6) is 0 Å². The van der Waals surface area contributed by atoms with Gasteiger partial charge in [-0.3, -0.25) is 0 Å². The molecule has 0 unspecified atom stereocenters. The number of alkyl halides is 6. The predicted octanol–water partition coefficient (Wildman–Crippen LogP) is 2.88. The van der Waals surface area contributed by atoms with Gasteiger partial charge in [-0.25, -0.2) is 0 Å². The summed E-state index contributed by atoms with van der Waals surface area (Å²) >= 11 is 0. The van der Waals surface area contributed by atoms with E-state index in [1.165, 1.54) is 0 Å². The molecule has 0 aromatic carbocycles. The van der Waals surface area contributed by atoms with Gasteiger partial charge in [0.15, 0.2) is 0 Å². The number of halogens is 6. The summed E-state index contributed by atoms with van der Waals surface area (Å²) in [4.78, 5) is 0. The standard InChI is InChI=1S/C6H10F6N/c1-3-13(4-2,5(7,8)9)6(10,11)12/h3-4H2,1-2H3/q+1. The molecule has 0 aliphatic carbocycles. The lowest BCUT2D eigenvalue weighted by atomic mass is 10.4. The first-order chi connectivity index (χ1) is 5.62. The van der Waals surface area contributed by atoms with E-state index in [2.05, 4.69) is 0 Å². The molecule has 13 heavy (non-hydrogen) atoms. The Morgan fingerprint density at radius 3 is 1.00 bits per heavy atom. The smallest absolute Gasteiger partial charge is 0.140 e. The average molecular weight is 210 g/mol. The first-order valence-corrected chi connectivity index (χ1v) is 3.63. The Balaban J connectivity index is 5.17. The lowest BCUT2D eigenvalue weighted by molar-refractivity contribution is -1.10. The van der Waals surface area contributed by atoms with Crippen LogP contribution in [-0.2, 0) is 0 Å². The minimum atomic E-state index is -5.29. The summed E-state index contributed by atoms with van der Waals surface area (Å²) in [6.07, 6.45) is -10.6. The van der Waals surface area contributed by atoms with Gasteiger partial charge in [0.05, 0.1) is 13.1 Å². The normalized spacial score (nSPS) is 14.8. The van der Waals surface area contributed by atoms with Crippen molar-refractivity contribution in [3.05, 3.63) is 0 Å². The van der Waals surface area contributed by atoms with E-state index in [9.17, 15) is 26.3 Å². The fraction of sp³-hybridized carbons (Fsp3) is 1.00. The van der Waals surface area contributed by atoms with Crippen molar-refractivity contribution >= 4 is 0 Å². The highest BCUT2D eigenvalue weighted by molar-refractivity contribution is 4.45.